The first-order valence-electron chi connectivity index (χ1n) is 9.06. The summed E-state index contributed by atoms with van der Waals surface area (Å²) in [5, 5.41) is 12.4. The Kier molecular flexibility index (Phi) is 5.28. The number of nitrogens with one attached hydrogen (secondary N) is 2. The van der Waals surface area contributed by atoms with E-state index < -0.39 is 5.25 Å². The molecule has 0 unspecified atom stereocenters. The molecule has 0 bridgehead atoms. The fourth-order valence-electron chi connectivity index (χ4n) is 3.17. The molecule has 1 aromatic heterocycles. The van der Waals surface area contributed by atoms with Gasteiger partial charge in [0.1, 0.15) is 5.25 Å². The van der Waals surface area contributed by atoms with Gasteiger partial charge < -0.3 is 10.7 Å². The van der Waals surface area contributed by atoms with Gasteiger partial charge in [0.25, 0.3) is 0 Å². The fraction of sp³-hybridized carbons (Fsp3) is 0.250. The van der Waals surface area contributed by atoms with Gasteiger partial charge in [-0.05, 0) is 30.2 Å². The minimum atomic E-state index is -0.415. The van der Waals surface area contributed by atoms with Crippen molar-refractivity contribution in [3.63, 3.8) is 0 Å². The monoisotopic (exact) mass is 413 g/mol. The minimum absolute atomic E-state index is 0.107. The van der Waals surface area contributed by atoms with Crippen molar-refractivity contribution in [3.05, 3.63) is 70.5 Å². The van der Waals surface area contributed by atoms with E-state index in [9.17, 15) is 4.79 Å². The van der Waals surface area contributed by atoms with E-state index in [2.05, 4.69) is 20.9 Å². The summed E-state index contributed by atoms with van der Waals surface area (Å²) < 4.78 is 1.89. The number of amides is 1. The van der Waals surface area contributed by atoms with Gasteiger partial charge in [0.15, 0.2) is 5.82 Å². The lowest BCUT2D eigenvalue weighted by Gasteiger charge is -2.33. The van der Waals surface area contributed by atoms with Crippen LogP contribution in [0.1, 0.15) is 29.9 Å². The van der Waals surface area contributed by atoms with Crippen molar-refractivity contribution in [1.29, 1.82) is 0 Å². The summed E-state index contributed by atoms with van der Waals surface area (Å²) in [6.07, 6.45) is 0.751. The first kappa shape index (κ1) is 18.8. The molecule has 2 atom stereocenters. The lowest BCUT2D eigenvalue weighted by atomic mass is 10.0. The molecule has 2 N–H and O–H groups in total. The highest BCUT2D eigenvalue weighted by Gasteiger charge is 2.37. The first-order valence-corrected chi connectivity index (χ1v) is 10.3. The van der Waals surface area contributed by atoms with E-state index in [4.69, 9.17) is 11.6 Å². The average molecular weight is 414 g/mol. The van der Waals surface area contributed by atoms with Crippen LogP contribution in [0.2, 0.25) is 5.02 Å². The maximum atomic E-state index is 13.2. The number of thioether (sulfide) groups is 1. The molecule has 1 aliphatic rings. The maximum Gasteiger partial charge on any atom is 0.240 e. The van der Waals surface area contributed by atoms with Gasteiger partial charge in [-0.15, -0.1) is 10.2 Å². The SMILES string of the molecule is CCc1nnc2n1N[C@@H](c1ccccc1)[C@H](C(=O)Nc1cc(Cl)ccc1C)S2. The van der Waals surface area contributed by atoms with Crippen LogP contribution in [-0.4, -0.2) is 26.0 Å². The van der Waals surface area contributed by atoms with E-state index in [1.54, 1.807) is 6.07 Å². The summed E-state index contributed by atoms with van der Waals surface area (Å²) in [6, 6.07) is 15.2. The molecule has 6 nitrogen and oxygen atoms in total. The largest absolute Gasteiger partial charge is 0.325 e. The third kappa shape index (κ3) is 3.59. The van der Waals surface area contributed by atoms with Gasteiger partial charge >= 0.3 is 0 Å². The van der Waals surface area contributed by atoms with E-state index in [-0.39, 0.29) is 11.9 Å². The molecule has 1 amide bonds. The van der Waals surface area contributed by atoms with Crippen molar-refractivity contribution in [2.75, 3.05) is 10.7 Å². The van der Waals surface area contributed by atoms with Crippen LogP contribution in [0, 0.1) is 6.92 Å². The van der Waals surface area contributed by atoms with E-state index in [0.717, 1.165) is 23.4 Å². The van der Waals surface area contributed by atoms with Crippen LogP contribution in [0.4, 0.5) is 5.69 Å². The predicted molar refractivity (Wildman–Crippen MR) is 112 cm³/mol. The Morgan fingerprint density at radius 3 is 2.79 bits per heavy atom. The zero-order valence-corrected chi connectivity index (χ0v) is 17.1. The van der Waals surface area contributed by atoms with Gasteiger partial charge in [-0.3, -0.25) is 4.79 Å². The van der Waals surface area contributed by atoms with Gasteiger partial charge in [-0.2, -0.15) is 0 Å². The molecular formula is C20H20ClN5OS. The highest BCUT2D eigenvalue weighted by Crippen LogP contribution is 2.37. The summed E-state index contributed by atoms with van der Waals surface area (Å²) in [4.78, 5) is 13.2. The molecule has 0 aliphatic carbocycles. The number of carbonyl (C=O) groups is 1. The second kappa shape index (κ2) is 7.85. The van der Waals surface area contributed by atoms with Crippen LogP contribution in [0.3, 0.4) is 0 Å². The van der Waals surface area contributed by atoms with E-state index in [1.807, 2.05) is 61.0 Å². The van der Waals surface area contributed by atoms with Crippen LogP contribution in [0.25, 0.3) is 0 Å². The number of nitrogens with zero attached hydrogens (tertiary/aromatic N) is 3. The third-order valence-electron chi connectivity index (χ3n) is 4.69. The van der Waals surface area contributed by atoms with Gasteiger partial charge in [-0.1, -0.05) is 66.7 Å². The van der Waals surface area contributed by atoms with Crippen LogP contribution >= 0.6 is 23.4 Å². The molecule has 2 aromatic carbocycles. The number of halogens is 1. The molecular weight excluding hydrogens is 394 g/mol. The highest BCUT2D eigenvalue weighted by molar-refractivity contribution is 8.00. The number of benzene rings is 2. The van der Waals surface area contributed by atoms with Crippen molar-refractivity contribution in [2.24, 2.45) is 0 Å². The van der Waals surface area contributed by atoms with Crippen molar-refractivity contribution in [3.8, 4) is 0 Å². The first-order chi connectivity index (χ1) is 13.6. The predicted octanol–water partition coefficient (Wildman–Crippen LogP) is 4.20. The van der Waals surface area contributed by atoms with E-state index in [0.29, 0.717) is 15.9 Å². The molecule has 2 heterocycles. The van der Waals surface area contributed by atoms with Gasteiger partial charge in [0.2, 0.25) is 11.1 Å². The van der Waals surface area contributed by atoms with E-state index in [1.165, 1.54) is 11.8 Å². The number of hydrogen-bond donors (Lipinski definition) is 2. The number of anilines is 1. The van der Waals surface area contributed by atoms with Crippen molar-refractivity contribution in [2.45, 2.75) is 36.7 Å². The summed E-state index contributed by atoms with van der Waals surface area (Å²) in [6.45, 7) is 3.97. The van der Waals surface area contributed by atoms with Crippen molar-refractivity contribution >= 4 is 35.0 Å². The normalized spacial score (nSPS) is 18.2. The van der Waals surface area contributed by atoms with Crippen molar-refractivity contribution in [1.82, 2.24) is 14.9 Å². The molecule has 4 rings (SSSR count). The number of hydrogen-bond acceptors (Lipinski definition) is 5. The Labute approximate surface area is 172 Å². The number of rotatable bonds is 4. The van der Waals surface area contributed by atoms with Crippen molar-refractivity contribution < 1.29 is 4.79 Å². The van der Waals surface area contributed by atoms with Gasteiger partial charge in [0.05, 0.1) is 6.04 Å². The quantitative estimate of drug-likeness (QED) is 0.670. The second-order valence-corrected chi connectivity index (χ2v) is 8.14. The Hall–Kier alpha value is -2.51. The number of aryl methyl sites for hydroxylation is 2. The highest BCUT2D eigenvalue weighted by atomic mass is 35.5. The molecule has 8 heteroatoms. The molecule has 0 saturated heterocycles. The Morgan fingerprint density at radius 1 is 1.25 bits per heavy atom. The minimum Gasteiger partial charge on any atom is -0.325 e. The summed E-state index contributed by atoms with van der Waals surface area (Å²) in [5.74, 6) is 0.733. The average Bonchev–Trinajstić information content (AvgIpc) is 3.12. The Morgan fingerprint density at radius 2 is 2.04 bits per heavy atom. The lowest BCUT2D eigenvalue weighted by molar-refractivity contribution is -0.116. The van der Waals surface area contributed by atoms with Gasteiger partial charge in [-0.25, -0.2) is 4.68 Å². The van der Waals surface area contributed by atoms with Crippen LogP contribution in [0.15, 0.2) is 53.7 Å². The Bertz CT molecular complexity index is 1010. The smallest absolute Gasteiger partial charge is 0.240 e. The maximum absolute atomic E-state index is 13.2. The zero-order chi connectivity index (χ0) is 19.7. The molecule has 0 spiro atoms. The van der Waals surface area contributed by atoms with Crippen LogP contribution in [-0.2, 0) is 11.2 Å². The number of aromatic nitrogens is 3. The number of fused-ring (bicyclic) bond motifs is 1. The molecule has 1 aliphatic heterocycles. The lowest BCUT2D eigenvalue weighted by Crippen LogP contribution is -2.41. The molecule has 28 heavy (non-hydrogen) atoms. The summed E-state index contributed by atoms with van der Waals surface area (Å²) in [7, 11) is 0. The summed E-state index contributed by atoms with van der Waals surface area (Å²) in [5.41, 5.74) is 6.14. The Balaban J connectivity index is 1.68. The molecule has 3 aromatic rings. The second-order valence-electron chi connectivity index (χ2n) is 6.59. The van der Waals surface area contributed by atoms with Crippen LogP contribution < -0.4 is 10.7 Å². The molecule has 144 valence electrons. The number of carbonyl (C=O) groups excluding carboxylic acids is 1. The molecule has 0 fully saturated rings. The molecule has 0 saturated carbocycles. The van der Waals surface area contributed by atoms with E-state index >= 15 is 0 Å². The zero-order valence-electron chi connectivity index (χ0n) is 15.5. The standard InChI is InChI=1S/C20H20ClN5OS/c1-3-16-23-24-20-26(16)25-17(13-7-5-4-6-8-13)18(28-20)19(27)22-15-11-14(21)10-9-12(15)2/h4-11,17-18,25H,3H2,1-2H3,(H,22,27)/t17-,18+/m0/s1. The van der Waals surface area contributed by atoms with Crippen LogP contribution in [0.5, 0.6) is 0 Å². The van der Waals surface area contributed by atoms with Gasteiger partial charge in [0, 0.05) is 17.1 Å². The molecule has 0 radical (unpaired) electrons. The fourth-order valence-corrected chi connectivity index (χ4v) is 4.44. The third-order valence-corrected chi connectivity index (χ3v) is 6.14. The summed E-state index contributed by atoms with van der Waals surface area (Å²) >= 11 is 7.52. The topological polar surface area (TPSA) is 71.8 Å².